The first-order valence-electron chi connectivity index (χ1n) is 6.06. The number of nitrogens with two attached hydrogens (primary N) is 1. The third-order valence-electron chi connectivity index (χ3n) is 2.51. The van der Waals surface area contributed by atoms with Gasteiger partial charge < -0.3 is 15.8 Å². The molecule has 0 amide bonds. The zero-order valence-corrected chi connectivity index (χ0v) is 11.7. The molecule has 0 aliphatic heterocycles. The molecule has 3 N–H and O–H groups in total. The summed E-state index contributed by atoms with van der Waals surface area (Å²) in [5.41, 5.74) is 6.60. The summed E-state index contributed by atoms with van der Waals surface area (Å²) in [6, 6.07) is 9.86. The predicted octanol–water partition coefficient (Wildman–Crippen LogP) is 3.00. The maximum absolute atomic E-state index is 13.7. The van der Waals surface area contributed by atoms with Gasteiger partial charge in [-0.3, -0.25) is 0 Å². The van der Waals surface area contributed by atoms with E-state index in [2.05, 4.69) is 10.3 Å². The fourth-order valence-corrected chi connectivity index (χ4v) is 1.75. The minimum atomic E-state index is -0.428. The zero-order chi connectivity index (χ0) is 14.5. The van der Waals surface area contributed by atoms with Crippen LogP contribution in [0.2, 0.25) is 0 Å². The monoisotopic (exact) mass is 291 g/mol. The smallest absolute Gasteiger partial charge is 0.167 e. The van der Waals surface area contributed by atoms with E-state index in [1.165, 1.54) is 6.07 Å². The Morgan fingerprint density at radius 2 is 2.20 bits per heavy atom. The molecule has 6 heteroatoms. The number of pyridine rings is 1. The number of rotatable bonds is 5. The minimum Gasteiger partial charge on any atom is -0.491 e. The molecule has 0 radical (unpaired) electrons. The molecule has 0 aliphatic carbocycles. The topological polar surface area (TPSA) is 60.2 Å². The van der Waals surface area contributed by atoms with E-state index in [1.54, 1.807) is 37.3 Å². The summed E-state index contributed by atoms with van der Waals surface area (Å²) in [7, 11) is 0. The molecule has 20 heavy (non-hydrogen) atoms. The average Bonchev–Trinajstić information content (AvgIpc) is 2.42. The molecule has 0 unspecified atom stereocenters. The Balaban J connectivity index is 2.19. The second-order valence-corrected chi connectivity index (χ2v) is 4.42. The number of ether oxygens (including phenoxy) is 1. The molecule has 0 saturated heterocycles. The highest BCUT2D eigenvalue weighted by Gasteiger charge is 2.05. The molecular formula is C14H14FN3OS. The van der Waals surface area contributed by atoms with Crippen LogP contribution >= 0.6 is 12.2 Å². The van der Waals surface area contributed by atoms with Crippen molar-refractivity contribution in [1.82, 2.24) is 4.98 Å². The maximum atomic E-state index is 13.7. The Bertz CT molecular complexity index is 634. The molecule has 1 heterocycles. The van der Waals surface area contributed by atoms with Gasteiger partial charge >= 0.3 is 0 Å². The molecule has 2 aromatic rings. The van der Waals surface area contributed by atoms with Gasteiger partial charge in [0.2, 0.25) is 0 Å². The molecule has 0 saturated carbocycles. The SMILES string of the molecule is CCOc1ccc(Nc2cccc(C(N)=S)n2)cc1F. The van der Waals surface area contributed by atoms with Crippen LogP contribution in [-0.2, 0) is 0 Å². The van der Waals surface area contributed by atoms with Crippen LogP contribution < -0.4 is 15.8 Å². The van der Waals surface area contributed by atoms with Gasteiger partial charge in [-0.05, 0) is 31.2 Å². The first-order chi connectivity index (χ1) is 9.60. The molecule has 1 aromatic heterocycles. The van der Waals surface area contributed by atoms with Crippen molar-refractivity contribution < 1.29 is 9.13 Å². The highest BCUT2D eigenvalue weighted by Crippen LogP contribution is 2.23. The fourth-order valence-electron chi connectivity index (χ4n) is 1.64. The Hall–Kier alpha value is -2.21. The van der Waals surface area contributed by atoms with Crippen LogP contribution in [0.3, 0.4) is 0 Å². The van der Waals surface area contributed by atoms with Crippen LogP contribution in [0.1, 0.15) is 12.6 Å². The van der Waals surface area contributed by atoms with Gasteiger partial charge in [0.15, 0.2) is 11.6 Å². The quantitative estimate of drug-likeness (QED) is 0.829. The number of thiocarbonyl (C=S) groups is 1. The van der Waals surface area contributed by atoms with Gasteiger partial charge in [0, 0.05) is 11.8 Å². The van der Waals surface area contributed by atoms with Crippen molar-refractivity contribution in [1.29, 1.82) is 0 Å². The first-order valence-corrected chi connectivity index (χ1v) is 6.47. The summed E-state index contributed by atoms with van der Waals surface area (Å²) in [6.45, 7) is 2.22. The van der Waals surface area contributed by atoms with Crippen LogP contribution in [0.4, 0.5) is 15.9 Å². The Morgan fingerprint density at radius 3 is 2.85 bits per heavy atom. The van der Waals surface area contributed by atoms with Crippen molar-refractivity contribution in [2.24, 2.45) is 5.73 Å². The first kappa shape index (κ1) is 14.2. The number of hydrogen-bond donors (Lipinski definition) is 2. The fraction of sp³-hybridized carbons (Fsp3) is 0.143. The van der Waals surface area contributed by atoms with E-state index < -0.39 is 5.82 Å². The summed E-state index contributed by atoms with van der Waals surface area (Å²) < 4.78 is 18.9. The Morgan fingerprint density at radius 1 is 1.40 bits per heavy atom. The van der Waals surface area contributed by atoms with E-state index >= 15 is 0 Å². The minimum absolute atomic E-state index is 0.214. The van der Waals surface area contributed by atoms with Gasteiger partial charge in [0.1, 0.15) is 10.8 Å². The standard InChI is InChI=1S/C14H14FN3OS/c1-2-19-12-7-6-9(8-10(12)15)17-13-5-3-4-11(18-13)14(16)20/h3-8H,2H2,1H3,(H2,16,20)(H,17,18). The molecule has 2 rings (SSSR count). The van der Waals surface area contributed by atoms with Gasteiger partial charge in [-0.15, -0.1) is 0 Å². The van der Waals surface area contributed by atoms with Crippen molar-refractivity contribution in [3.8, 4) is 5.75 Å². The van der Waals surface area contributed by atoms with Crippen LogP contribution in [0.25, 0.3) is 0 Å². The highest BCUT2D eigenvalue weighted by molar-refractivity contribution is 7.80. The van der Waals surface area contributed by atoms with Gasteiger partial charge in [-0.25, -0.2) is 9.37 Å². The van der Waals surface area contributed by atoms with Crippen LogP contribution in [0.5, 0.6) is 5.75 Å². The second kappa shape index (κ2) is 6.29. The molecule has 4 nitrogen and oxygen atoms in total. The lowest BCUT2D eigenvalue weighted by molar-refractivity contribution is 0.321. The van der Waals surface area contributed by atoms with Crippen LogP contribution in [0, 0.1) is 5.82 Å². The van der Waals surface area contributed by atoms with Crippen molar-refractivity contribution in [2.45, 2.75) is 6.92 Å². The molecule has 0 bridgehead atoms. The number of nitrogens with one attached hydrogen (secondary N) is 1. The van der Waals surface area contributed by atoms with Crippen molar-refractivity contribution in [3.05, 3.63) is 47.9 Å². The number of aromatic nitrogens is 1. The highest BCUT2D eigenvalue weighted by atomic mass is 32.1. The Kier molecular flexibility index (Phi) is 4.47. The summed E-state index contributed by atoms with van der Waals surface area (Å²) in [5, 5.41) is 2.99. The lowest BCUT2D eigenvalue weighted by Gasteiger charge is -2.09. The van der Waals surface area contributed by atoms with E-state index in [0.717, 1.165) is 0 Å². The number of halogens is 1. The van der Waals surface area contributed by atoms with Gasteiger partial charge in [0.05, 0.1) is 12.3 Å². The second-order valence-electron chi connectivity index (χ2n) is 3.98. The zero-order valence-electron chi connectivity index (χ0n) is 10.9. The third kappa shape index (κ3) is 3.42. The Labute approximate surface area is 121 Å². The molecular weight excluding hydrogens is 277 g/mol. The number of anilines is 2. The van der Waals surface area contributed by atoms with E-state index in [1.807, 2.05) is 0 Å². The van der Waals surface area contributed by atoms with Gasteiger partial charge in [0.25, 0.3) is 0 Å². The van der Waals surface area contributed by atoms with E-state index in [0.29, 0.717) is 23.8 Å². The summed E-state index contributed by atoms with van der Waals surface area (Å²) in [4.78, 5) is 4.44. The van der Waals surface area contributed by atoms with Crippen LogP contribution in [-0.4, -0.2) is 16.6 Å². The molecule has 0 fully saturated rings. The molecule has 0 spiro atoms. The van der Waals surface area contributed by atoms with Crippen LogP contribution in [0.15, 0.2) is 36.4 Å². The van der Waals surface area contributed by atoms with Gasteiger partial charge in [-0.1, -0.05) is 18.3 Å². The number of benzene rings is 1. The number of hydrogen-bond acceptors (Lipinski definition) is 4. The normalized spacial score (nSPS) is 10.1. The van der Waals surface area contributed by atoms with E-state index in [9.17, 15) is 4.39 Å². The van der Waals surface area contributed by atoms with Crippen molar-refractivity contribution >= 4 is 28.7 Å². The van der Waals surface area contributed by atoms with E-state index in [4.69, 9.17) is 22.7 Å². The third-order valence-corrected chi connectivity index (χ3v) is 2.71. The summed E-state index contributed by atoms with van der Waals surface area (Å²) in [5.74, 6) is 0.337. The van der Waals surface area contributed by atoms with Crippen molar-refractivity contribution in [2.75, 3.05) is 11.9 Å². The average molecular weight is 291 g/mol. The molecule has 0 atom stereocenters. The molecule has 104 valence electrons. The number of nitrogens with zero attached hydrogens (tertiary/aromatic N) is 1. The molecule has 0 aliphatic rings. The maximum Gasteiger partial charge on any atom is 0.167 e. The lowest BCUT2D eigenvalue weighted by Crippen LogP contribution is -2.12. The largest absolute Gasteiger partial charge is 0.491 e. The lowest BCUT2D eigenvalue weighted by atomic mass is 10.2. The predicted molar refractivity (Wildman–Crippen MR) is 81.0 cm³/mol. The van der Waals surface area contributed by atoms with Gasteiger partial charge in [-0.2, -0.15) is 0 Å². The summed E-state index contributed by atoms with van der Waals surface area (Å²) in [6.07, 6.45) is 0. The van der Waals surface area contributed by atoms with Crippen molar-refractivity contribution in [3.63, 3.8) is 0 Å². The summed E-state index contributed by atoms with van der Waals surface area (Å²) >= 11 is 4.86. The van der Waals surface area contributed by atoms with E-state index in [-0.39, 0.29) is 10.7 Å². The molecule has 1 aromatic carbocycles.